The lowest BCUT2D eigenvalue weighted by Crippen LogP contribution is -2.29. The predicted octanol–water partition coefficient (Wildman–Crippen LogP) is 4.16. The van der Waals surface area contributed by atoms with E-state index >= 15 is 0 Å². The van der Waals surface area contributed by atoms with Crippen molar-refractivity contribution in [1.29, 1.82) is 0 Å². The summed E-state index contributed by atoms with van der Waals surface area (Å²) in [6, 6.07) is 9.53. The Bertz CT molecular complexity index is 422. The Morgan fingerprint density at radius 1 is 1.24 bits per heavy atom. The van der Waals surface area contributed by atoms with Crippen LogP contribution in [0.4, 0.5) is 0 Å². The SMILES string of the molecule is CCCNC(CCN1CCC(C)(C)C1)c1ccc(C)cc1. The minimum atomic E-state index is 0.495. The maximum atomic E-state index is 3.72. The van der Waals surface area contributed by atoms with Gasteiger partial charge >= 0.3 is 0 Å². The molecule has 1 aliphatic rings. The third-order valence-corrected chi connectivity index (χ3v) is 4.61. The molecular formula is C19H32N2. The summed E-state index contributed by atoms with van der Waals surface area (Å²) in [4.78, 5) is 2.63. The van der Waals surface area contributed by atoms with Gasteiger partial charge in [-0.2, -0.15) is 0 Å². The van der Waals surface area contributed by atoms with Crippen LogP contribution in [0, 0.1) is 12.3 Å². The molecule has 1 fully saturated rings. The van der Waals surface area contributed by atoms with Crippen LogP contribution >= 0.6 is 0 Å². The van der Waals surface area contributed by atoms with Gasteiger partial charge < -0.3 is 10.2 Å². The Labute approximate surface area is 130 Å². The van der Waals surface area contributed by atoms with E-state index in [0.29, 0.717) is 11.5 Å². The van der Waals surface area contributed by atoms with Crippen LogP contribution in [0.25, 0.3) is 0 Å². The van der Waals surface area contributed by atoms with Crippen molar-refractivity contribution < 1.29 is 0 Å². The third-order valence-electron chi connectivity index (χ3n) is 4.61. The Hall–Kier alpha value is -0.860. The molecule has 1 aromatic carbocycles. The van der Waals surface area contributed by atoms with Crippen LogP contribution < -0.4 is 5.32 Å². The van der Waals surface area contributed by atoms with Gasteiger partial charge in [-0.1, -0.05) is 50.6 Å². The Kier molecular flexibility index (Phi) is 5.83. The highest BCUT2D eigenvalue weighted by Crippen LogP contribution is 2.29. The first-order chi connectivity index (χ1) is 10.00. The summed E-state index contributed by atoms with van der Waals surface area (Å²) in [6.45, 7) is 14.0. The number of nitrogens with zero attached hydrogens (tertiary/aromatic N) is 1. The van der Waals surface area contributed by atoms with Gasteiger partial charge in [0.1, 0.15) is 0 Å². The van der Waals surface area contributed by atoms with Gasteiger partial charge in [0.15, 0.2) is 0 Å². The average molecular weight is 288 g/mol. The summed E-state index contributed by atoms with van der Waals surface area (Å²) in [5.74, 6) is 0. The Morgan fingerprint density at radius 3 is 2.52 bits per heavy atom. The van der Waals surface area contributed by atoms with Gasteiger partial charge in [0.25, 0.3) is 0 Å². The van der Waals surface area contributed by atoms with Crippen LogP contribution in [0.1, 0.15) is 57.2 Å². The summed E-state index contributed by atoms with van der Waals surface area (Å²) in [6.07, 6.45) is 3.74. The van der Waals surface area contributed by atoms with Crippen LogP contribution in [0.5, 0.6) is 0 Å². The van der Waals surface area contributed by atoms with E-state index in [-0.39, 0.29) is 0 Å². The van der Waals surface area contributed by atoms with Gasteiger partial charge in [-0.05, 0) is 56.8 Å². The molecule has 1 heterocycles. The van der Waals surface area contributed by atoms with Crippen LogP contribution in [0.2, 0.25) is 0 Å². The summed E-state index contributed by atoms with van der Waals surface area (Å²) in [5, 5.41) is 3.72. The van der Waals surface area contributed by atoms with Gasteiger partial charge in [0.05, 0.1) is 0 Å². The molecule has 0 spiro atoms. The third kappa shape index (κ3) is 5.12. The zero-order valence-corrected chi connectivity index (χ0v) is 14.3. The van der Waals surface area contributed by atoms with Crippen molar-refractivity contribution >= 4 is 0 Å². The first-order valence-corrected chi connectivity index (χ1v) is 8.52. The first-order valence-electron chi connectivity index (χ1n) is 8.52. The lowest BCUT2D eigenvalue weighted by atomic mass is 9.93. The average Bonchev–Trinajstić information content (AvgIpc) is 2.80. The van der Waals surface area contributed by atoms with Crippen molar-refractivity contribution in [3.8, 4) is 0 Å². The lowest BCUT2D eigenvalue weighted by Gasteiger charge is -2.24. The van der Waals surface area contributed by atoms with Crippen LogP contribution in [-0.2, 0) is 0 Å². The number of benzene rings is 1. The summed E-state index contributed by atoms with van der Waals surface area (Å²) >= 11 is 0. The molecule has 2 nitrogen and oxygen atoms in total. The minimum absolute atomic E-state index is 0.495. The second-order valence-electron chi connectivity index (χ2n) is 7.40. The summed E-state index contributed by atoms with van der Waals surface area (Å²) in [7, 11) is 0. The molecule has 2 heteroatoms. The normalized spacial score (nSPS) is 19.8. The molecule has 21 heavy (non-hydrogen) atoms. The molecule has 0 aromatic heterocycles. The highest BCUT2D eigenvalue weighted by molar-refractivity contribution is 5.24. The van der Waals surface area contributed by atoms with Crippen LogP contribution in [-0.4, -0.2) is 31.1 Å². The zero-order valence-electron chi connectivity index (χ0n) is 14.3. The smallest absolute Gasteiger partial charge is 0.0332 e. The standard InChI is InChI=1S/C19H32N2/c1-5-12-20-18(17-8-6-16(2)7-9-17)10-13-21-14-11-19(3,4)15-21/h6-9,18,20H,5,10-15H2,1-4H3. The molecular weight excluding hydrogens is 256 g/mol. The number of hydrogen-bond donors (Lipinski definition) is 1. The quantitative estimate of drug-likeness (QED) is 0.810. The number of likely N-dealkylation sites (tertiary alicyclic amines) is 1. The molecule has 1 aromatic rings. The van der Waals surface area contributed by atoms with Gasteiger partial charge in [0.2, 0.25) is 0 Å². The van der Waals surface area contributed by atoms with Gasteiger partial charge in [-0.3, -0.25) is 0 Å². The summed E-state index contributed by atoms with van der Waals surface area (Å²) < 4.78 is 0. The molecule has 1 N–H and O–H groups in total. The van der Waals surface area contributed by atoms with E-state index in [9.17, 15) is 0 Å². The Morgan fingerprint density at radius 2 is 1.95 bits per heavy atom. The fraction of sp³-hybridized carbons (Fsp3) is 0.684. The topological polar surface area (TPSA) is 15.3 Å². The van der Waals surface area contributed by atoms with E-state index in [1.807, 2.05) is 0 Å². The minimum Gasteiger partial charge on any atom is -0.310 e. The molecule has 2 rings (SSSR count). The molecule has 0 aliphatic carbocycles. The summed E-state index contributed by atoms with van der Waals surface area (Å²) in [5.41, 5.74) is 3.29. The van der Waals surface area contributed by atoms with E-state index in [1.165, 1.54) is 50.0 Å². The molecule has 1 saturated heterocycles. The lowest BCUT2D eigenvalue weighted by molar-refractivity contribution is 0.274. The molecule has 0 bridgehead atoms. The highest BCUT2D eigenvalue weighted by atomic mass is 15.2. The highest BCUT2D eigenvalue weighted by Gasteiger charge is 2.29. The van der Waals surface area contributed by atoms with Crippen molar-refractivity contribution in [1.82, 2.24) is 10.2 Å². The van der Waals surface area contributed by atoms with Crippen LogP contribution in [0.15, 0.2) is 24.3 Å². The second-order valence-corrected chi connectivity index (χ2v) is 7.40. The maximum absolute atomic E-state index is 3.72. The van der Waals surface area contributed by atoms with E-state index in [0.717, 1.165) is 6.54 Å². The molecule has 0 radical (unpaired) electrons. The van der Waals surface area contributed by atoms with Crippen LogP contribution in [0.3, 0.4) is 0 Å². The van der Waals surface area contributed by atoms with Gasteiger partial charge in [-0.25, -0.2) is 0 Å². The van der Waals surface area contributed by atoms with E-state index in [4.69, 9.17) is 0 Å². The monoisotopic (exact) mass is 288 g/mol. The molecule has 0 saturated carbocycles. The van der Waals surface area contributed by atoms with E-state index in [1.54, 1.807) is 0 Å². The van der Waals surface area contributed by atoms with E-state index < -0.39 is 0 Å². The van der Waals surface area contributed by atoms with Gasteiger partial charge in [-0.15, -0.1) is 0 Å². The number of rotatable bonds is 7. The fourth-order valence-corrected chi connectivity index (χ4v) is 3.23. The van der Waals surface area contributed by atoms with E-state index in [2.05, 4.69) is 62.2 Å². The number of aryl methyl sites for hydroxylation is 1. The predicted molar refractivity (Wildman–Crippen MR) is 91.7 cm³/mol. The van der Waals surface area contributed by atoms with Crippen molar-refractivity contribution in [3.63, 3.8) is 0 Å². The fourth-order valence-electron chi connectivity index (χ4n) is 3.23. The van der Waals surface area contributed by atoms with Crippen molar-refractivity contribution in [2.45, 2.75) is 53.0 Å². The largest absolute Gasteiger partial charge is 0.310 e. The number of nitrogens with one attached hydrogen (secondary N) is 1. The van der Waals surface area contributed by atoms with Gasteiger partial charge in [0, 0.05) is 12.6 Å². The first kappa shape index (κ1) is 16.5. The number of hydrogen-bond acceptors (Lipinski definition) is 2. The zero-order chi connectivity index (χ0) is 15.3. The van der Waals surface area contributed by atoms with Crippen molar-refractivity contribution in [2.24, 2.45) is 5.41 Å². The Balaban J connectivity index is 1.92. The molecule has 118 valence electrons. The van der Waals surface area contributed by atoms with Crippen molar-refractivity contribution in [2.75, 3.05) is 26.2 Å². The molecule has 1 aliphatic heterocycles. The maximum Gasteiger partial charge on any atom is 0.0332 e. The molecule has 1 atom stereocenters. The second kappa shape index (κ2) is 7.42. The molecule has 1 unspecified atom stereocenters. The van der Waals surface area contributed by atoms with Crippen molar-refractivity contribution in [3.05, 3.63) is 35.4 Å². The molecule has 0 amide bonds.